The summed E-state index contributed by atoms with van der Waals surface area (Å²) < 4.78 is 8.10. The Morgan fingerprint density at radius 2 is 2.00 bits per heavy atom. The third-order valence-corrected chi connectivity index (χ3v) is 5.96. The van der Waals surface area contributed by atoms with Gasteiger partial charge in [-0.1, -0.05) is 12.7 Å². The van der Waals surface area contributed by atoms with Crippen molar-refractivity contribution in [3.05, 3.63) is 85.4 Å². The molecule has 0 aliphatic carbocycles. The van der Waals surface area contributed by atoms with Crippen LogP contribution in [0.25, 0.3) is 28.1 Å². The highest BCUT2D eigenvalue weighted by Gasteiger charge is 2.10. The van der Waals surface area contributed by atoms with E-state index in [1.54, 1.807) is 25.6 Å². The maximum atomic E-state index is 11.6. The monoisotopic (exact) mass is 506 g/mol. The smallest absolute Gasteiger partial charge is 0.245 e. The van der Waals surface area contributed by atoms with Crippen molar-refractivity contribution in [2.24, 2.45) is 7.05 Å². The van der Waals surface area contributed by atoms with Crippen LogP contribution in [0.3, 0.4) is 0 Å². The maximum absolute atomic E-state index is 11.6. The van der Waals surface area contributed by atoms with Gasteiger partial charge in [0.15, 0.2) is 11.6 Å². The molecule has 3 aromatic heterocycles. The quantitative estimate of drug-likeness (QED) is 0.299. The lowest BCUT2D eigenvalue weighted by atomic mass is 10.2. The fourth-order valence-electron chi connectivity index (χ4n) is 3.89. The molecule has 5 aromatic rings. The standard InChI is InChI=1S/C28H26N8O2/c1-5-26(37)35(3)12-6-7-25-29-15-22-27(34-25)28(31-16-30-22)33-19-8-11-24(18(2)13-19)38-20-9-10-23-21(14-20)32-17-36(23)4/h5-11,13-17H,1,12H2,2-4H3,(H,30,31,33)/b7-6+. The molecule has 0 bridgehead atoms. The van der Waals surface area contributed by atoms with Crippen LogP contribution < -0.4 is 10.1 Å². The van der Waals surface area contributed by atoms with Crippen molar-refractivity contribution in [3.8, 4) is 11.5 Å². The lowest BCUT2D eigenvalue weighted by Gasteiger charge is -2.12. The molecule has 10 nitrogen and oxygen atoms in total. The highest BCUT2D eigenvalue weighted by molar-refractivity contribution is 5.87. The number of fused-ring (bicyclic) bond motifs is 2. The molecule has 0 saturated heterocycles. The molecular weight excluding hydrogens is 480 g/mol. The first kappa shape index (κ1) is 24.6. The Balaban J connectivity index is 1.34. The normalized spacial score (nSPS) is 11.2. The van der Waals surface area contributed by atoms with E-state index in [0.29, 0.717) is 29.2 Å². The summed E-state index contributed by atoms with van der Waals surface area (Å²) in [5.74, 6) is 2.35. The van der Waals surface area contributed by atoms with Gasteiger partial charge in [-0.15, -0.1) is 0 Å². The average molecular weight is 507 g/mol. The van der Waals surface area contributed by atoms with Crippen molar-refractivity contribution in [2.45, 2.75) is 6.92 Å². The molecular formula is C28H26N8O2. The minimum absolute atomic E-state index is 0.157. The van der Waals surface area contributed by atoms with Crippen LogP contribution in [-0.4, -0.2) is 53.9 Å². The number of likely N-dealkylation sites (N-methyl/N-ethyl adjacent to an activating group) is 1. The van der Waals surface area contributed by atoms with Gasteiger partial charge in [-0.3, -0.25) is 4.79 Å². The van der Waals surface area contributed by atoms with E-state index in [0.717, 1.165) is 33.8 Å². The molecule has 0 radical (unpaired) electrons. The fourth-order valence-corrected chi connectivity index (χ4v) is 3.89. The Bertz CT molecular complexity index is 1690. The van der Waals surface area contributed by atoms with Gasteiger partial charge in [-0.25, -0.2) is 24.9 Å². The summed E-state index contributed by atoms with van der Waals surface area (Å²) in [7, 11) is 3.66. The van der Waals surface area contributed by atoms with Gasteiger partial charge in [0.1, 0.15) is 28.9 Å². The van der Waals surface area contributed by atoms with Gasteiger partial charge in [-0.05, 0) is 55.0 Å². The predicted molar refractivity (Wildman–Crippen MR) is 147 cm³/mol. The number of nitrogens with one attached hydrogen (secondary N) is 1. The summed E-state index contributed by atoms with van der Waals surface area (Å²) in [5.41, 5.74) is 4.90. The Morgan fingerprint density at radius 1 is 1.13 bits per heavy atom. The van der Waals surface area contributed by atoms with Crippen LogP contribution in [0.2, 0.25) is 0 Å². The molecule has 1 N–H and O–H groups in total. The molecule has 0 unspecified atom stereocenters. The number of hydrogen-bond donors (Lipinski definition) is 1. The number of amides is 1. The number of imidazole rings is 1. The molecule has 0 saturated carbocycles. The van der Waals surface area contributed by atoms with E-state index < -0.39 is 0 Å². The van der Waals surface area contributed by atoms with Crippen LogP contribution in [0.5, 0.6) is 11.5 Å². The second-order valence-corrected chi connectivity index (χ2v) is 8.72. The number of hydrogen-bond acceptors (Lipinski definition) is 8. The number of ether oxygens (including phenoxy) is 1. The largest absolute Gasteiger partial charge is 0.457 e. The number of carbonyl (C=O) groups excluding carboxylic acids is 1. The van der Waals surface area contributed by atoms with Gasteiger partial charge in [0.2, 0.25) is 5.91 Å². The second-order valence-electron chi connectivity index (χ2n) is 8.72. The Labute approximate surface area is 219 Å². The molecule has 1 amide bonds. The molecule has 0 atom stereocenters. The SMILES string of the molecule is C=CC(=O)N(C)C/C=C/c1ncc2ncnc(Nc3ccc(Oc4ccc5c(c4)ncn5C)c(C)c3)c2n1. The minimum Gasteiger partial charge on any atom is -0.457 e. The lowest BCUT2D eigenvalue weighted by molar-refractivity contribution is -0.124. The molecule has 0 spiro atoms. The Morgan fingerprint density at radius 3 is 2.82 bits per heavy atom. The van der Waals surface area contributed by atoms with Crippen molar-refractivity contribution in [1.82, 2.24) is 34.4 Å². The first-order chi connectivity index (χ1) is 18.4. The summed E-state index contributed by atoms with van der Waals surface area (Å²) in [4.78, 5) is 35.2. The average Bonchev–Trinajstić information content (AvgIpc) is 3.29. The summed E-state index contributed by atoms with van der Waals surface area (Å²) >= 11 is 0. The highest BCUT2D eigenvalue weighted by atomic mass is 16.5. The zero-order valence-corrected chi connectivity index (χ0v) is 21.3. The third kappa shape index (κ3) is 5.19. The van der Waals surface area contributed by atoms with Crippen LogP contribution in [-0.2, 0) is 11.8 Å². The van der Waals surface area contributed by atoms with E-state index in [1.165, 1.54) is 17.3 Å². The van der Waals surface area contributed by atoms with E-state index in [4.69, 9.17) is 4.74 Å². The van der Waals surface area contributed by atoms with Gasteiger partial charge < -0.3 is 19.5 Å². The van der Waals surface area contributed by atoms with E-state index in [-0.39, 0.29) is 5.91 Å². The Hall–Kier alpha value is -5.12. The molecule has 190 valence electrons. The van der Waals surface area contributed by atoms with E-state index >= 15 is 0 Å². The van der Waals surface area contributed by atoms with Gasteiger partial charge in [-0.2, -0.15) is 0 Å². The van der Waals surface area contributed by atoms with E-state index in [2.05, 4.69) is 36.8 Å². The number of anilines is 2. The van der Waals surface area contributed by atoms with E-state index in [1.807, 2.05) is 61.0 Å². The molecule has 38 heavy (non-hydrogen) atoms. The number of nitrogens with zero attached hydrogens (tertiary/aromatic N) is 7. The van der Waals surface area contributed by atoms with Crippen molar-refractivity contribution in [3.63, 3.8) is 0 Å². The first-order valence-electron chi connectivity index (χ1n) is 11.9. The summed E-state index contributed by atoms with van der Waals surface area (Å²) in [6.45, 7) is 5.89. The summed E-state index contributed by atoms with van der Waals surface area (Å²) in [5, 5.41) is 3.33. The van der Waals surface area contributed by atoms with Gasteiger partial charge in [0.05, 0.1) is 23.6 Å². The number of carbonyl (C=O) groups is 1. The number of rotatable bonds is 8. The molecule has 10 heteroatoms. The van der Waals surface area contributed by atoms with Crippen molar-refractivity contribution < 1.29 is 9.53 Å². The zero-order valence-electron chi connectivity index (χ0n) is 21.3. The lowest BCUT2D eigenvalue weighted by Crippen LogP contribution is -2.24. The minimum atomic E-state index is -0.157. The van der Waals surface area contributed by atoms with Gasteiger partial charge >= 0.3 is 0 Å². The first-order valence-corrected chi connectivity index (χ1v) is 11.9. The number of aryl methyl sites for hydroxylation is 2. The van der Waals surface area contributed by atoms with Crippen molar-refractivity contribution >= 4 is 45.6 Å². The molecule has 0 aliphatic rings. The summed E-state index contributed by atoms with van der Waals surface area (Å²) in [6.07, 6.45) is 9.74. The zero-order chi connectivity index (χ0) is 26.6. The maximum Gasteiger partial charge on any atom is 0.245 e. The molecule has 2 aromatic carbocycles. The second kappa shape index (κ2) is 10.5. The van der Waals surface area contributed by atoms with Crippen LogP contribution in [0.4, 0.5) is 11.5 Å². The van der Waals surface area contributed by atoms with Crippen LogP contribution in [0.1, 0.15) is 11.4 Å². The third-order valence-electron chi connectivity index (χ3n) is 5.96. The number of benzene rings is 2. The highest BCUT2D eigenvalue weighted by Crippen LogP contribution is 2.30. The fraction of sp³-hybridized carbons (Fsp3) is 0.143. The van der Waals surface area contributed by atoms with Crippen molar-refractivity contribution in [2.75, 3.05) is 18.9 Å². The number of aromatic nitrogens is 6. The molecule has 0 aliphatic heterocycles. The van der Waals surface area contributed by atoms with Gasteiger partial charge in [0, 0.05) is 32.4 Å². The van der Waals surface area contributed by atoms with Gasteiger partial charge in [0.25, 0.3) is 0 Å². The van der Waals surface area contributed by atoms with Crippen LogP contribution >= 0.6 is 0 Å². The van der Waals surface area contributed by atoms with Crippen molar-refractivity contribution in [1.29, 1.82) is 0 Å². The van der Waals surface area contributed by atoms with Crippen LogP contribution in [0.15, 0.2) is 74.0 Å². The topological polar surface area (TPSA) is 111 Å². The Kier molecular flexibility index (Phi) is 6.77. The summed E-state index contributed by atoms with van der Waals surface area (Å²) in [6, 6.07) is 11.7. The van der Waals surface area contributed by atoms with Crippen LogP contribution in [0, 0.1) is 6.92 Å². The predicted octanol–water partition coefficient (Wildman–Crippen LogP) is 4.81. The molecule has 3 heterocycles. The van der Waals surface area contributed by atoms with E-state index in [9.17, 15) is 4.79 Å². The molecule has 0 fully saturated rings. The molecule has 5 rings (SSSR count).